The first kappa shape index (κ1) is 22.6. The third kappa shape index (κ3) is 4.90. The van der Waals surface area contributed by atoms with Crippen LogP contribution in [0.5, 0.6) is 0 Å². The van der Waals surface area contributed by atoms with E-state index in [9.17, 15) is 4.79 Å². The van der Waals surface area contributed by atoms with Crippen LogP contribution in [-0.4, -0.2) is 27.8 Å². The molecule has 1 aromatic heterocycles. The number of thioether (sulfide) groups is 1. The molecule has 5 nitrogen and oxygen atoms in total. The first-order valence-electron chi connectivity index (χ1n) is 11.2. The second-order valence-electron chi connectivity index (χ2n) is 9.42. The van der Waals surface area contributed by atoms with Crippen LogP contribution in [0, 0.1) is 0 Å². The Bertz CT molecular complexity index is 1060. The van der Waals surface area contributed by atoms with Crippen molar-refractivity contribution in [2.45, 2.75) is 68.8 Å². The van der Waals surface area contributed by atoms with Crippen LogP contribution in [-0.2, 0) is 15.9 Å². The second kappa shape index (κ2) is 9.49. The van der Waals surface area contributed by atoms with Crippen molar-refractivity contribution in [3.05, 3.63) is 65.2 Å². The lowest BCUT2D eigenvalue weighted by Gasteiger charge is -2.20. The predicted molar refractivity (Wildman–Crippen MR) is 129 cm³/mol. The normalized spacial score (nSPS) is 14.6. The monoisotopic (exact) mass is 449 g/mol. The molecular formula is C26H31N3O2S. The summed E-state index contributed by atoms with van der Waals surface area (Å²) in [5.41, 5.74) is 4.27. The molecule has 0 atom stereocenters. The molecule has 0 amide bonds. The summed E-state index contributed by atoms with van der Waals surface area (Å²) in [5.74, 6) is 1.42. The Morgan fingerprint density at radius 3 is 2.28 bits per heavy atom. The van der Waals surface area contributed by atoms with Crippen molar-refractivity contribution in [3.8, 4) is 11.4 Å². The van der Waals surface area contributed by atoms with E-state index < -0.39 is 0 Å². The van der Waals surface area contributed by atoms with E-state index >= 15 is 0 Å². The van der Waals surface area contributed by atoms with E-state index in [0.717, 1.165) is 27.9 Å². The number of carbonyl (C=O) groups is 1. The molecule has 1 aliphatic carbocycles. The van der Waals surface area contributed by atoms with Gasteiger partial charge in [0.15, 0.2) is 11.0 Å². The summed E-state index contributed by atoms with van der Waals surface area (Å²) in [6, 6.07) is 16.8. The zero-order chi connectivity index (χ0) is 22.7. The van der Waals surface area contributed by atoms with Crippen LogP contribution in [0.15, 0.2) is 53.7 Å². The predicted octanol–water partition coefficient (Wildman–Crippen LogP) is 6.44. The number of aromatic nitrogens is 3. The molecule has 1 aliphatic rings. The Hall–Kier alpha value is -2.60. The van der Waals surface area contributed by atoms with Crippen LogP contribution >= 0.6 is 11.8 Å². The minimum Gasteiger partial charge on any atom is -0.465 e. The van der Waals surface area contributed by atoms with Crippen LogP contribution in [0.1, 0.15) is 74.0 Å². The molecule has 0 radical (unpaired) electrons. The third-order valence-electron chi connectivity index (χ3n) is 6.11. The Morgan fingerprint density at radius 1 is 1.03 bits per heavy atom. The van der Waals surface area contributed by atoms with E-state index in [0.29, 0.717) is 11.6 Å². The summed E-state index contributed by atoms with van der Waals surface area (Å²) in [7, 11) is 1.40. The van der Waals surface area contributed by atoms with Gasteiger partial charge < -0.3 is 4.74 Å². The Balaban J connectivity index is 1.58. The minimum atomic E-state index is -0.313. The van der Waals surface area contributed by atoms with Crippen molar-refractivity contribution >= 4 is 17.7 Å². The van der Waals surface area contributed by atoms with Gasteiger partial charge in [-0.15, -0.1) is 10.2 Å². The van der Waals surface area contributed by atoms with Gasteiger partial charge in [-0.2, -0.15) is 0 Å². The zero-order valence-electron chi connectivity index (χ0n) is 19.3. The highest BCUT2D eigenvalue weighted by Gasteiger charge is 2.25. The number of hydrogen-bond acceptors (Lipinski definition) is 5. The van der Waals surface area contributed by atoms with E-state index in [2.05, 4.69) is 59.8 Å². The van der Waals surface area contributed by atoms with Gasteiger partial charge in [0.1, 0.15) is 0 Å². The maximum Gasteiger partial charge on any atom is 0.337 e. The zero-order valence-corrected chi connectivity index (χ0v) is 20.1. The maximum absolute atomic E-state index is 11.7. The fourth-order valence-corrected chi connectivity index (χ4v) is 5.15. The van der Waals surface area contributed by atoms with Gasteiger partial charge in [-0.05, 0) is 41.5 Å². The average Bonchev–Trinajstić information content (AvgIpc) is 3.46. The molecule has 1 fully saturated rings. The number of esters is 1. The van der Waals surface area contributed by atoms with Crippen LogP contribution < -0.4 is 0 Å². The molecule has 0 unspecified atom stereocenters. The van der Waals surface area contributed by atoms with Crippen LogP contribution in [0.2, 0.25) is 0 Å². The van der Waals surface area contributed by atoms with Crippen molar-refractivity contribution < 1.29 is 9.53 Å². The molecule has 0 aliphatic heterocycles. The summed E-state index contributed by atoms with van der Waals surface area (Å²) in [5, 5.41) is 10.2. The van der Waals surface area contributed by atoms with E-state index in [4.69, 9.17) is 4.74 Å². The molecule has 0 spiro atoms. The summed E-state index contributed by atoms with van der Waals surface area (Å²) in [4.78, 5) is 11.7. The second-order valence-corrected chi connectivity index (χ2v) is 10.4. The van der Waals surface area contributed by atoms with Gasteiger partial charge in [0.2, 0.25) is 0 Å². The first-order valence-corrected chi connectivity index (χ1v) is 12.2. The van der Waals surface area contributed by atoms with Crippen molar-refractivity contribution in [3.63, 3.8) is 0 Å². The number of benzene rings is 2. The molecule has 4 rings (SSSR count). The molecule has 2 aromatic carbocycles. The summed E-state index contributed by atoms with van der Waals surface area (Å²) < 4.78 is 7.14. The Morgan fingerprint density at radius 2 is 1.69 bits per heavy atom. The Labute approximate surface area is 194 Å². The molecule has 32 heavy (non-hydrogen) atoms. The van der Waals surface area contributed by atoms with E-state index in [-0.39, 0.29) is 11.4 Å². The van der Waals surface area contributed by atoms with Crippen molar-refractivity contribution in [2.75, 3.05) is 7.11 Å². The quantitative estimate of drug-likeness (QED) is 0.320. The number of rotatable bonds is 6. The smallest absolute Gasteiger partial charge is 0.337 e. The van der Waals surface area contributed by atoms with E-state index in [1.54, 1.807) is 11.8 Å². The van der Waals surface area contributed by atoms with Crippen molar-refractivity contribution in [1.82, 2.24) is 14.8 Å². The first-order chi connectivity index (χ1) is 15.4. The number of carbonyl (C=O) groups excluding carboxylic acids is 1. The van der Waals surface area contributed by atoms with E-state index in [1.165, 1.54) is 38.4 Å². The lowest BCUT2D eigenvalue weighted by atomic mass is 9.86. The van der Waals surface area contributed by atoms with Crippen LogP contribution in [0.25, 0.3) is 11.4 Å². The lowest BCUT2D eigenvalue weighted by molar-refractivity contribution is 0.0600. The summed E-state index contributed by atoms with van der Waals surface area (Å²) >= 11 is 1.70. The molecular weight excluding hydrogens is 418 g/mol. The minimum absolute atomic E-state index is 0.127. The van der Waals surface area contributed by atoms with Gasteiger partial charge in [-0.1, -0.05) is 81.8 Å². The molecule has 0 saturated heterocycles. The van der Waals surface area contributed by atoms with Gasteiger partial charge in [-0.25, -0.2) is 4.79 Å². The van der Waals surface area contributed by atoms with Crippen LogP contribution in [0.4, 0.5) is 0 Å². The van der Waals surface area contributed by atoms with E-state index in [1.807, 2.05) is 24.3 Å². The number of nitrogens with zero attached hydrogens (tertiary/aromatic N) is 3. The fourth-order valence-electron chi connectivity index (χ4n) is 4.19. The van der Waals surface area contributed by atoms with Crippen molar-refractivity contribution in [2.24, 2.45) is 0 Å². The largest absolute Gasteiger partial charge is 0.465 e. The lowest BCUT2D eigenvalue weighted by Crippen LogP contribution is -2.11. The van der Waals surface area contributed by atoms with Crippen molar-refractivity contribution in [1.29, 1.82) is 0 Å². The van der Waals surface area contributed by atoms with Gasteiger partial charge >= 0.3 is 5.97 Å². The molecule has 1 saturated carbocycles. The molecule has 6 heteroatoms. The van der Waals surface area contributed by atoms with Gasteiger partial charge in [0, 0.05) is 17.4 Å². The highest BCUT2D eigenvalue weighted by Crippen LogP contribution is 2.37. The average molecular weight is 450 g/mol. The third-order valence-corrected chi connectivity index (χ3v) is 7.12. The number of methoxy groups -OCH3 is 1. The molecule has 0 N–H and O–H groups in total. The molecule has 0 bridgehead atoms. The maximum atomic E-state index is 11.7. The molecule has 168 valence electrons. The summed E-state index contributed by atoms with van der Waals surface area (Å²) in [6.07, 6.45) is 4.85. The molecule has 3 aromatic rings. The SMILES string of the molecule is COC(=O)c1ccc(CSc2nnc(-c3ccc(C(C)(C)C)cc3)n2C2CCCC2)cc1. The standard InChI is InChI=1S/C26H31N3O2S/c1-26(2,3)21-15-13-19(14-16-21)23-27-28-25(29(23)22-7-5-6-8-22)32-17-18-9-11-20(12-10-18)24(30)31-4/h9-16,22H,5-8,17H2,1-4H3. The highest BCUT2D eigenvalue weighted by atomic mass is 32.2. The Kier molecular flexibility index (Phi) is 6.70. The molecule has 1 heterocycles. The summed E-state index contributed by atoms with van der Waals surface area (Å²) in [6.45, 7) is 6.69. The van der Waals surface area contributed by atoms with Gasteiger partial charge in [-0.3, -0.25) is 4.57 Å². The van der Waals surface area contributed by atoms with Gasteiger partial charge in [0.05, 0.1) is 12.7 Å². The number of ether oxygens (including phenoxy) is 1. The fraction of sp³-hybridized carbons (Fsp3) is 0.423. The topological polar surface area (TPSA) is 57.0 Å². The number of hydrogen-bond donors (Lipinski definition) is 0. The highest BCUT2D eigenvalue weighted by molar-refractivity contribution is 7.98. The van der Waals surface area contributed by atoms with Crippen LogP contribution in [0.3, 0.4) is 0 Å². The van der Waals surface area contributed by atoms with Gasteiger partial charge in [0.25, 0.3) is 0 Å².